The highest BCUT2D eigenvalue weighted by molar-refractivity contribution is 9.10. The Morgan fingerprint density at radius 1 is 0.740 bits per heavy atom. The fraction of sp³-hybridized carbons (Fsp3) is 0.316. The number of carbonyl (C=O) groups is 2. The largest absolute Gasteiger partial charge is 0.507 e. The molecule has 1 amide bonds. The van der Waals surface area contributed by atoms with E-state index >= 15 is 0 Å². The molecule has 10 nitrogen and oxygen atoms in total. The molecule has 6 rings (SSSR count). The van der Waals surface area contributed by atoms with E-state index in [4.69, 9.17) is 4.74 Å². The third-order valence-corrected chi connectivity index (χ3v) is 9.20. The van der Waals surface area contributed by atoms with Gasteiger partial charge in [0.15, 0.2) is 11.4 Å². The Morgan fingerprint density at radius 3 is 1.68 bits per heavy atom. The molecule has 0 saturated heterocycles. The van der Waals surface area contributed by atoms with E-state index in [1.54, 1.807) is 49.6 Å². The lowest BCUT2D eigenvalue weighted by molar-refractivity contribution is 0.0517. The minimum absolute atomic E-state index is 0.201. The maximum atomic E-state index is 12.4. The highest BCUT2D eigenvalue weighted by Gasteiger charge is 2.24. The molecule has 0 spiro atoms. The van der Waals surface area contributed by atoms with Crippen LogP contribution < -0.4 is 5.32 Å². The predicted molar refractivity (Wildman–Crippen MR) is 200 cm³/mol. The summed E-state index contributed by atoms with van der Waals surface area (Å²) in [7, 11) is 0. The number of amides is 1. The summed E-state index contributed by atoms with van der Waals surface area (Å²) in [5.41, 5.74) is 7.90. The molecule has 0 fully saturated rings. The van der Waals surface area contributed by atoms with Gasteiger partial charge in [0.1, 0.15) is 11.5 Å². The zero-order valence-electron chi connectivity index (χ0n) is 28.4. The van der Waals surface area contributed by atoms with Gasteiger partial charge in [0.2, 0.25) is 0 Å². The van der Waals surface area contributed by atoms with E-state index < -0.39 is 5.97 Å². The van der Waals surface area contributed by atoms with Crippen LogP contribution in [-0.4, -0.2) is 54.6 Å². The number of esters is 1. The van der Waals surface area contributed by atoms with Crippen molar-refractivity contribution in [3.8, 4) is 11.5 Å². The quantitative estimate of drug-likeness (QED) is 0.156. The molecular weight excluding hydrogens is 766 g/mol. The molecule has 2 heterocycles. The van der Waals surface area contributed by atoms with Gasteiger partial charge < -0.3 is 20.3 Å². The number of nitrogens with zero attached hydrogens (tertiary/aromatic N) is 4. The number of halogens is 2. The number of hydrogen-bond acceptors (Lipinski definition) is 9. The van der Waals surface area contributed by atoms with Gasteiger partial charge in [-0.25, -0.2) is 4.79 Å². The second-order valence-corrected chi connectivity index (χ2v) is 14.9. The average Bonchev–Trinajstić information content (AvgIpc) is 3.78. The first-order valence-corrected chi connectivity index (χ1v) is 18.0. The minimum Gasteiger partial charge on any atom is -0.507 e. The molecule has 2 aliphatic carbocycles. The third kappa shape index (κ3) is 9.02. The molecule has 0 atom stereocenters. The highest BCUT2D eigenvalue weighted by atomic mass is 79.9. The van der Waals surface area contributed by atoms with Crippen LogP contribution in [0.2, 0.25) is 0 Å². The van der Waals surface area contributed by atoms with E-state index in [2.05, 4.69) is 57.6 Å². The van der Waals surface area contributed by atoms with Crippen LogP contribution in [0.15, 0.2) is 69.9 Å². The highest BCUT2D eigenvalue weighted by Crippen LogP contribution is 2.44. The summed E-state index contributed by atoms with van der Waals surface area (Å²) in [4.78, 5) is 24.3. The van der Waals surface area contributed by atoms with Crippen LogP contribution in [0, 0.1) is 0 Å². The lowest BCUT2D eigenvalue weighted by Gasteiger charge is -2.20. The number of ether oxygens (including phenoxy) is 1. The molecule has 0 unspecified atom stereocenters. The van der Waals surface area contributed by atoms with E-state index in [1.807, 2.05) is 39.0 Å². The first-order valence-electron chi connectivity index (χ1n) is 16.4. The molecule has 260 valence electrons. The van der Waals surface area contributed by atoms with Gasteiger partial charge in [0, 0.05) is 36.7 Å². The van der Waals surface area contributed by atoms with E-state index in [9.17, 15) is 19.8 Å². The van der Waals surface area contributed by atoms with Crippen LogP contribution in [0.5, 0.6) is 11.5 Å². The maximum Gasteiger partial charge on any atom is 0.358 e. The van der Waals surface area contributed by atoms with Crippen molar-refractivity contribution in [3.63, 3.8) is 0 Å². The van der Waals surface area contributed by atoms with Crippen molar-refractivity contribution >= 4 is 66.0 Å². The monoisotopic (exact) mass is 803 g/mol. The SMILES string of the molecule is CC(C)(C)NC(=O)c1cc(C2=C(c3cc(Br)ccc3O)CCC2)cnn1.CCOC(=O)c1cc(C2=C(c3cc(Br)ccc3O)CCC2)cnn1. The molecule has 0 bridgehead atoms. The number of phenols is 2. The lowest BCUT2D eigenvalue weighted by atomic mass is 9.97. The number of aromatic hydroxyl groups is 2. The van der Waals surface area contributed by atoms with Crippen LogP contribution >= 0.6 is 31.9 Å². The Bertz CT molecular complexity index is 1990. The fourth-order valence-electron chi connectivity index (χ4n) is 6.10. The summed E-state index contributed by atoms with van der Waals surface area (Å²) in [6.45, 7) is 7.83. The summed E-state index contributed by atoms with van der Waals surface area (Å²) in [6, 6.07) is 14.3. The first kappa shape index (κ1) is 36.9. The van der Waals surface area contributed by atoms with E-state index in [-0.39, 0.29) is 28.6 Å². The predicted octanol–water partition coefficient (Wildman–Crippen LogP) is 8.78. The number of hydrogen-bond donors (Lipinski definition) is 3. The van der Waals surface area contributed by atoms with Crippen LogP contribution in [0.3, 0.4) is 0 Å². The normalized spacial score (nSPS) is 14.4. The topological polar surface area (TPSA) is 147 Å². The summed E-state index contributed by atoms with van der Waals surface area (Å²) < 4.78 is 6.82. The van der Waals surface area contributed by atoms with Crippen molar-refractivity contribution in [2.24, 2.45) is 0 Å². The zero-order valence-corrected chi connectivity index (χ0v) is 31.6. The number of allylic oxidation sites excluding steroid dienone is 4. The summed E-state index contributed by atoms with van der Waals surface area (Å²) in [5.74, 6) is -0.204. The fourth-order valence-corrected chi connectivity index (χ4v) is 6.82. The van der Waals surface area contributed by atoms with Gasteiger partial charge in [-0.15, -0.1) is 10.2 Å². The molecule has 2 aromatic carbocycles. The van der Waals surface area contributed by atoms with Crippen LogP contribution in [0.25, 0.3) is 22.3 Å². The molecule has 4 aromatic rings. The molecule has 0 radical (unpaired) electrons. The van der Waals surface area contributed by atoms with Crippen molar-refractivity contribution in [2.75, 3.05) is 6.61 Å². The van der Waals surface area contributed by atoms with Crippen molar-refractivity contribution < 1.29 is 24.5 Å². The molecule has 2 aliphatic rings. The van der Waals surface area contributed by atoms with Gasteiger partial charge in [-0.3, -0.25) is 4.79 Å². The lowest BCUT2D eigenvalue weighted by Crippen LogP contribution is -2.41. The Balaban J connectivity index is 0.000000195. The summed E-state index contributed by atoms with van der Waals surface area (Å²) in [5, 5.41) is 39.2. The summed E-state index contributed by atoms with van der Waals surface area (Å²) in [6.07, 6.45) is 8.84. The van der Waals surface area contributed by atoms with Gasteiger partial charge in [0.05, 0.1) is 19.0 Å². The molecule has 12 heteroatoms. The van der Waals surface area contributed by atoms with Gasteiger partial charge in [-0.2, -0.15) is 10.2 Å². The molecule has 3 N–H and O–H groups in total. The van der Waals surface area contributed by atoms with E-state index in [0.29, 0.717) is 12.3 Å². The maximum absolute atomic E-state index is 12.4. The summed E-state index contributed by atoms with van der Waals surface area (Å²) >= 11 is 6.92. The smallest absolute Gasteiger partial charge is 0.358 e. The molecular formula is C38H39Br2N5O5. The number of phenolic OH excluding ortho intramolecular Hbond substituents is 2. The standard InChI is InChI=1S/C20H22BrN3O2.C18H17BrN2O3/c1-20(2,3)23-19(26)17-9-12(11-22-24-17)14-5-4-6-15(14)16-10-13(21)7-8-18(16)25;1-2-24-18(23)16-8-11(10-20-21-16)13-4-3-5-14(13)15-9-12(19)6-7-17(15)22/h7-11,25H,4-6H2,1-3H3,(H,23,26);6-10,22H,2-5H2,1H3. The van der Waals surface area contributed by atoms with E-state index in [0.717, 1.165) is 92.0 Å². The Hall–Kier alpha value is -4.42. The van der Waals surface area contributed by atoms with Gasteiger partial charge in [-0.1, -0.05) is 31.9 Å². The van der Waals surface area contributed by atoms with E-state index in [1.165, 1.54) is 0 Å². The van der Waals surface area contributed by atoms with Gasteiger partial charge in [0.25, 0.3) is 5.91 Å². The third-order valence-electron chi connectivity index (χ3n) is 8.21. The zero-order chi connectivity index (χ0) is 36.0. The molecule has 0 aliphatic heterocycles. The number of carbonyl (C=O) groups excluding carboxylic acids is 2. The number of nitrogens with one attached hydrogen (secondary N) is 1. The number of aromatic nitrogens is 4. The number of rotatable bonds is 7. The van der Waals surface area contributed by atoms with Crippen molar-refractivity contribution in [1.29, 1.82) is 0 Å². The number of benzene rings is 2. The van der Waals surface area contributed by atoms with Gasteiger partial charge in [-0.05, 0) is 137 Å². The van der Waals surface area contributed by atoms with Crippen molar-refractivity contribution in [2.45, 2.75) is 71.8 Å². The minimum atomic E-state index is -0.475. The van der Waals surface area contributed by atoms with Gasteiger partial charge >= 0.3 is 5.97 Å². The molecule has 50 heavy (non-hydrogen) atoms. The first-order chi connectivity index (χ1) is 23.8. The van der Waals surface area contributed by atoms with Crippen molar-refractivity contribution in [1.82, 2.24) is 25.7 Å². The second-order valence-electron chi connectivity index (χ2n) is 13.0. The van der Waals surface area contributed by atoms with Crippen LogP contribution in [-0.2, 0) is 4.74 Å². The Kier molecular flexibility index (Phi) is 11.8. The Labute approximate surface area is 308 Å². The molecule has 0 saturated carbocycles. The Morgan fingerprint density at radius 2 is 1.20 bits per heavy atom. The van der Waals surface area contributed by atoms with Crippen LogP contribution in [0.4, 0.5) is 0 Å². The molecule has 2 aromatic heterocycles. The second kappa shape index (κ2) is 16.1. The van der Waals surface area contributed by atoms with Crippen molar-refractivity contribution in [3.05, 3.63) is 104 Å². The average molecular weight is 806 g/mol. The van der Waals surface area contributed by atoms with Crippen LogP contribution in [0.1, 0.15) is 109 Å².